The predicted octanol–water partition coefficient (Wildman–Crippen LogP) is 3.09. The molecule has 4 nitrogen and oxygen atoms in total. The molecule has 136 valence electrons. The molecule has 0 saturated heterocycles. The van der Waals surface area contributed by atoms with E-state index < -0.39 is 8.32 Å². The third kappa shape index (κ3) is 3.45. The first-order chi connectivity index (χ1) is 12.4. The minimum Gasteiger partial charge on any atom is -0.407 e. The summed E-state index contributed by atoms with van der Waals surface area (Å²) in [4.78, 5) is 11.7. The summed E-state index contributed by atoms with van der Waals surface area (Å²) in [5.74, 6) is 0. The van der Waals surface area contributed by atoms with Gasteiger partial charge >= 0.3 is 0 Å². The number of hydrogen-bond acceptors (Lipinski definition) is 3. The SMILES string of the molecule is CC(C)(C)[Si](OCCc1co[nH]c1=O)(c1ccccc1)c1ccccc1. The summed E-state index contributed by atoms with van der Waals surface area (Å²) in [6, 6.07) is 21.0. The Balaban J connectivity index is 2.02. The number of hydrogen-bond donors (Lipinski definition) is 1. The van der Waals surface area contributed by atoms with Gasteiger partial charge in [-0.15, -0.1) is 0 Å². The molecule has 0 spiro atoms. The van der Waals surface area contributed by atoms with Crippen LogP contribution in [0.15, 0.2) is 76.2 Å². The van der Waals surface area contributed by atoms with Gasteiger partial charge in [0, 0.05) is 13.0 Å². The van der Waals surface area contributed by atoms with E-state index in [4.69, 9.17) is 8.95 Å². The first-order valence-corrected chi connectivity index (χ1v) is 10.8. The van der Waals surface area contributed by atoms with Gasteiger partial charge in [0.15, 0.2) is 0 Å². The number of rotatable bonds is 6. The standard InChI is InChI=1S/C21H25NO3Si/c1-21(2,3)26(18-10-6-4-7-11-18,19-12-8-5-9-13-19)25-15-14-17-16-24-22-20(17)23/h4-13,16H,14-15H2,1-3H3,(H,22,23). The van der Waals surface area contributed by atoms with Gasteiger partial charge in [-0.2, -0.15) is 5.16 Å². The summed E-state index contributed by atoms with van der Waals surface area (Å²) in [5, 5.41) is 4.74. The second-order valence-corrected chi connectivity index (χ2v) is 11.8. The van der Waals surface area contributed by atoms with E-state index >= 15 is 0 Å². The second kappa shape index (κ2) is 7.48. The van der Waals surface area contributed by atoms with Crippen molar-refractivity contribution < 1.29 is 8.95 Å². The first kappa shape index (κ1) is 18.4. The van der Waals surface area contributed by atoms with Gasteiger partial charge in [0.2, 0.25) is 0 Å². The van der Waals surface area contributed by atoms with Crippen molar-refractivity contribution in [1.82, 2.24) is 5.16 Å². The fourth-order valence-corrected chi connectivity index (χ4v) is 8.09. The molecule has 0 aliphatic heterocycles. The van der Waals surface area contributed by atoms with Crippen LogP contribution in [0.3, 0.4) is 0 Å². The Bertz CT molecular complexity index is 839. The molecule has 0 aliphatic rings. The van der Waals surface area contributed by atoms with E-state index in [1.807, 2.05) is 12.1 Å². The minimum absolute atomic E-state index is 0.0709. The van der Waals surface area contributed by atoms with Gasteiger partial charge < -0.3 is 8.95 Å². The highest BCUT2D eigenvalue weighted by atomic mass is 28.4. The molecule has 1 aromatic heterocycles. The van der Waals surface area contributed by atoms with Crippen LogP contribution in [0.25, 0.3) is 0 Å². The Morgan fingerprint density at radius 2 is 1.50 bits per heavy atom. The van der Waals surface area contributed by atoms with Crippen molar-refractivity contribution in [2.45, 2.75) is 32.2 Å². The topological polar surface area (TPSA) is 55.2 Å². The molecule has 0 radical (unpaired) electrons. The molecule has 1 heterocycles. The van der Waals surface area contributed by atoms with Crippen molar-refractivity contribution in [2.24, 2.45) is 0 Å². The summed E-state index contributed by atoms with van der Waals surface area (Å²) in [7, 11) is -2.54. The molecule has 0 aliphatic carbocycles. The summed E-state index contributed by atoms with van der Waals surface area (Å²) >= 11 is 0. The summed E-state index contributed by atoms with van der Waals surface area (Å²) in [5.41, 5.74) is 0.430. The molecule has 0 fully saturated rings. The van der Waals surface area contributed by atoms with Crippen LogP contribution < -0.4 is 15.9 Å². The summed E-state index contributed by atoms with van der Waals surface area (Å²) < 4.78 is 11.6. The molecule has 1 N–H and O–H groups in total. The van der Waals surface area contributed by atoms with Gasteiger partial charge in [-0.05, 0) is 15.4 Å². The van der Waals surface area contributed by atoms with E-state index in [2.05, 4.69) is 74.5 Å². The van der Waals surface area contributed by atoms with Crippen LogP contribution in [0, 0.1) is 0 Å². The molecule has 3 rings (SSSR count). The van der Waals surface area contributed by atoms with E-state index in [-0.39, 0.29) is 10.6 Å². The largest absolute Gasteiger partial charge is 0.407 e. The van der Waals surface area contributed by atoms with Crippen molar-refractivity contribution in [2.75, 3.05) is 6.61 Å². The number of aromatic amines is 1. The van der Waals surface area contributed by atoms with Crippen LogP contribution in [0.1, 0.15) is 26.3 Å². The minimum atomic E-state index is -2.54. The summed E-state index contributed by atoms with van der Waals surface area (Å²) in [6.45, 7) is 7.19. The van der Waals surface area contributed by atoms with Crippen molar-refractivity contribution in [1.29, 1.82) is 0 Å². The van der Waals surface area contributed by atoms with Gasteiger partial charge in [0.1, 0.15) is 6.26 Å². The van der Waals surface area contributed by atoms with E-state index in [1.54, 1.807) is 0 Å². The molecule has 2 aromatic carbocycles. The zero-order chi connectivity index (χ0) is 18.6. The predicted molar refractivity (Wildman–Crippen MR) is 107 cm³/mol. The maximum absolute atomic E-state index is 11.7. The van der Waals surface area contributed by atoms with Crippen molar-refractivity contribution >= 4 is 18.7 Å². The molecule has 0 atom stereocenters. The maximum Gasteiger partial charge on any atom is 0.283 e. The van der Waals surface area contributed by atoms with Crippen LogP contribution in [0.4, 0.5) is 0 Å². The molecule has 5 heteroatoms. The van der Waals surface area contributed by atoms with Crippen molar-refractivity contribution in [3.05, 3.63) is 82.8 Å². The van der Waals surface area contributed by atoms with Crippen molar-refractivity contribution in [3.8, 4) is 0 Å². The van der Waals surface area contributed by atoms with Crippen LogP contribution in [-0.4, -0.2) is 20.1 Å². The van der Waals surface area contributed by atoms with E-state index in [9.17, 15) is 4.79 Å². The van der Waals surface area contributed by atoms with E-state index in [0.717, 1.165) is 0 Å². The lowest BCUT2D eigenvalue weighted by Crippen LogP contribution is -2.66. The lowest BCUT2D eigenvalue weighted by Gasteiger charge is -2.43. The highest BCUT2D eigenvalue weighted by Gasteiger charge is 2.49. The lowest BCUT2D eigenvalue weighted by atomic mass is 10.2. The highest BCUT2D eigenvalue weighted by Crippen LogP contribution is 2.36. The molecule has 3 aromatic rings. The van der Waals surface area contributed by atoms with Gasteiger partial charge in [-0.3, -0.25) is 4.79 Å². The fourth-order valence-electron chi connectivity index (χ4n) is 3.52. The quantitative estimate of drug-likeness (QED) is 0.681. The number of nitrogens with one attached hydrogen (secondary N) is 1. The zero-order valence-electron chi connectivity index (χ0n) is 15.5. The van der Waals surface area contributed by atoms with Crippen molar-refractivity contribution in [3.63, 3.8) is 0 Å². The van der Waals surface area contributed by atoms with Gasteiger partial charge in [-0.25, -0.2) is 0 Å². The molecular weight excluding hydrogens is 342 g/mol. The van der Waals surface area contributed by atoms with E-state index in [0.29, 0.717) is 18.6 Å². The zero-order valence-corrected chi connectivity index (χ0v) is 16.5. The molecular formula is C21H25NO3Si. The normalized spacial score (nSPS) is 12.3. The van der Waals surface area contributed by atoms with E-state index in [1.165, 1.54) is 16.6 Å². The Hall–Kier alpha value is -2.37. The van der Waals surface area contributed by atoms with Gasteiger partial charge in [0.25, 0.3) is 13.9 Å². The third-order valence-electron chi connectivity index (χ3n) is 4.75. The molecule has 0 saturated carbocycles. The monoisotopic (exact) mass is 367 g/mol. The average molecular weight is 368 g/mol. The second-order valence-electron chi connectivity index (χ2n) is 7.45. The molecule has 0 bridgehead atoms. The lowest BCUT2D eigenvalue weighted by molar-refractivity contribution is 0.301. The Morgan fingerprint density at radius 3 is 1.92 bits per heavy atom. The number of aromatic nitrogens is 1. The van der Waals surface area contributed by atoms with Crippen LogP contribution >= 0.6 is 0 Å². The van der Waals surface area contributed by atoms with Crippen LogP contribution in [0.5, 0.6) is 0 Å². The fraction of sp³-hybridized carbons (Fsp3) is 0.286. The highest BCUT2D eigenvalue weighted by molar-refractivity contribution is 6.99. The Labute approximate surface area is 154 Å². The Kier molecular flexibility index (Phi) is 5.30. The van der Waals surface area contributed by atoms with Gasteiger partial charge in [0.05, 0.1) is 5.56 Å². The number of H-pyrrole nitrogens is 1. The van der Waals surface area contributed by atoms with Gasteiger partial charge in [-0.1, -0.05) is 81.4 Å². The molecule has 26 heavy (non-hydrogen) atoms. The number of benzene rings is 2. The molecule has 0 unspecified atom stereocenters. The Morgan fingerprint density at radius 1 is 0.962 bits per heavy atom. The average Bonchev–Trinajstić information content (AvgIpc) is 3.04. The third-order valence-corrected chi connectivity index (χ3v) is 9.79. The molecule has 0 amide bonds. The maximum atomic E-state index is 11.7. The first-order valence-electron chi connectivity index (χ1n) is 8.85. The smallest absolute Gasteiger partial charge is 0.283 e. The summed E-state index contributed by atoms with van der Waals surface area (Å²) in [6.07, 6.45) is 1.99. The van der Waals surface area contributed by atoms with Crippen LogP contribution in [0.2, 0.25) is 5.04 Å². The van der Waals surface area contributed by atoms with Crippen LogP contribution in [-0.2, 0) is 10.8 Å².